The van der Waals surface area contributed by atoms with E-state index in [1.807, 2.05) is 23.1 Å². The van der Waals surface area contributed by atoms with Crippen LogP contribution in [0.15, 0.2) is 46.9 Å². The zero-order valence-electron chi connectivity index (χ0n) is 10.6. The van der Waals surface area contributed by atoms with E-state index in [0.29, 0.717) is 18.0 Å². The van der Waals surface area contributed by atoms with Gasteiger partial charge in [-0.1, -0.05) is 18.2 Å². The number of carbonyl (C=O) groups is 1. The Balaban J connectivity index is 1.92. The molecule has 19 heavy (non-hydrogen) atoms. The van der Waals surface area contributed by atoms with Crippen molar-refractivity contribution in [3.8, 4) is 0 Å². The topological polar surface area (TPSA) is 46.3 Å². The Kier molecular flexibility index (Phi) is 3.34. The molecule has 3 rings (SSSR count). The van der Waals surface area contributed by atoms with Gasteiger partial charge in [0, 0.05) is 10.6 Å². The first-order valence-electron chi connectivity index (χ1n) is 6.42. The fourth-order valence-corrected chi connectivity index (χ4v) is 3.28. The Hall–Kier alpha value is -1.68. The van der Waals surface area contributed by atoms with Gasteiger partial charge in [0.1, 0.15) is 0 Å². The number of hydrogen-bond acceptors (Lipinski definition) is 3. The molecular weight excluding hydrogens is 256 g/mol. The van der Waals surface area contributed by atoms with Crippen LogP contribution in [0.1, 0.15) is 12.8 Å². The maximum atomic E-state index is 12.2. The summed E-state index contributed by atoms with van der Waals surface area (Å²) < 4.78 is 0. The summed E-state index contributed by atoms with van der Waals surface area (Å²) in [6, 6.07) is 5.78. The molecule has 0 atom stereocenters. The molecule has 0 unspecified atom stereocenters. The van der Waals surface area contributed by atoms with Gasteiger partial charge in [0.2, 0.25) is 5.91 Å². The molecule has 0 radical (unpaired) electrons. The second-order valence-corrected chi connectivity index (χ2v) is 5.77. The normalized spacial score (nSPS) is 18.2. The summed E-state index contributed by atoms with van der Waals surface area (Å²) in [7, 11) is 0. The summed E-state index contributed by atoms with van der Waals surface area (Å²) in [4.78, 5) is 15.1. The molecular formula is C15H16N2OS. The summed E-state index contributed by atoms with van der Waals surface area (Å²) in [5.41, 5.74) is 8.70. The third kappa shape index (κ3) is 2.54. The van der Waals surface area contributed by atoms with Crippen molar-refractivity contribution in [2.75, 3.05) is 22.9 Å². The highest BCUT2D eigenvalue weighted by molar-refractivity contribution is 8.00. The molecule has 0 spiro atoms. The van der Waals surface area contributed by atoms with E-state index in [2.05, 4.69) is 18.2 Å². The van der Waals surface area contributed by atoms with Gasteiger partial charge in [-0.3, -0.25) is 4.79 Å². The Morgan fingerprint density at radius 3 is 3.00 bits per heavy atom. The third-order valence-corrected chi connectivity index (χ3v) is 4.39. The number of nitrogens with two attached hydrogens (primary N) is 1. The summed E-state index contributed by atoms with van der Waals surface area (Å²) in [5.74, 6) is 0.663. The second-order valence-electron chi connectivity index (χ2n) is 4.75. The fraction of sp³-hybridized carbons (Fsp3) is 0.267. The lowest BCUT2D eigenvalue weighted by atomic mass is 10.1. The van der Waals surface area contributed by atoms with Crippen molar-refractivity contribution in [1.82, 2.24) is 0 Å². The SMILES string of the molecule is Nc1ccc2c(c1)N(CC1=CCCC=C1)C(=O)CS2. The van der Waals surface area contributed by atoms with Gasteiger partial charge >= 0.3 is 0 Å². The fourth-order valence-electron chi connectivity index (χ4n) is 2.36. The number of anilines is 2. The van der Waals surface area contributed by atoms with Crippen molar-refractivity contribution in [1.29, 1.82) is 0 Å². The van der Waals surface area contributed by atoms with Gasteiger partial charge in [-0.25, -0.2) is 0 Å². The van der Waals surface area contributed by atoms with Crippen LogP contribution in [-0.2, 0) is 4.79 Å². The molecule has 3 nitrogen and oxygen atoms in total. The Bertz CT molecular complexity index is 578. The molecule has 1 heterocycles. The standard InChI is InChI=1S/C15H16N2OS/c16-12-6-7-14-13(8-12)17(15(18)10-19-14)9-11-4-2-1-3-5-11/h2,4-8H,1,3,9-10,16H2. The highest BCUT2D eigenvalue weighted by atomic mass is 32.2. The minimum Gasteiger partial charge on any atom is -0.399 e. The molecule has 1 aliphatic carbocycles. The van der Waals surface area contributed by atoms with E-state index in [-0.39, 0.29) is 5.91 Å². The number of amides is 1. The van der Waals surface area contributed by atoms with Crippen molar-refractivity contribution in [3.05, 3.63) is 42.0 Å². The van der Waals surface area contributed by atoms with E-state index in [1.165, 1.54) is 5.57 Å². The molecule has 1 amide bonds. The molecule has 98 valence electrons. The number of carbonyl (C=O) groups excluding carboxylic acids is 1. The Labute approximate surface area is 117 Å². The molecule has 0 aromatic heterocycles. The van der Waals surface area contributed by atoms with Crippen molar-refractivity contribution in [2.24, 2.45) is 0 Å². The van der Waals surface area contributed by atoms with Gasteiger partial charge in [0.05, 0.1) is 18.0 Å². The van der Waals surface area contributed by atoms with Gasteiger partial charge in [-0.15, -0.1) is 11.8 Å². The maximum absolute atomic E-state index is 12.2. The summed E-state index contributed by atoms with van der Waals surface area (Å²) >= 11 is 1.59. The van der Waals surface area contributed by atoms with Crippen LogP contribution < -0.4 is 10.6 Å². The van der Waals surface area contributed by atoms with E-state index in [0.717, 1.165) is 23.4 Å². The van der Waals surface area contributed by atoms with Crippen molar-refractivity contribution < 1.29 is 4.79 Å². The lowest BCUT2D eigenvalue weighted by Gasteiger charge is -2.30. The first kappa shape index (κ1) is 12.4. The number of thioether (sulfide) groups is 1. The van der Waals surface area contributed by atoms with E-state index in [9.17, 15) is 4.79 Å². The molecule has 2 N–H and O–H groups in total. The van der Waals surface area contributed by atoms with Gasteiger partial charge in [-0.2, -0.15) is 0 Å². The minimum absolute atomic E-state index is 0.156. The molecule has 0 saturated carbocycles. The average molecular weight is 272 g/mol. The molecule has 2 aliphatic rings. The number of allylic oxidation sites excluding steroid dienone is 2. The van der Waals surface area contributed by atoms with Crippen LogP contribution in [0, 0.1) is 0 Å². The van der Waals surface area contributed by atoms with Crippen LogP contribution in [0.2, 0.25) is 0 Å². The highest BCUT2D eigenvalue weighted by Gasteiger charge is 2.25. The van der Waals surface area contributed by atoms with Crippen LogP contribution >= 0.6 is 11.8 Å². The van der Waals surface area contributed by atoms with E-state index in [4.69, 9.17) is 5.73 Å². The smallest absolute Gasteiger partial charge is 0.237 e. The Morgan fingerprint density at radius 2 is 2.21 bits per heavy atom. The van der Waals surface area contributed by atoms with Crippen molar-refractivity contribution >= 4 is 29.0 Å². The second kappa shape index (κ2) is 5.13. The van der Waals surface area contributed by atoms with Crippen molar-refractivity contribution in [3.63, 3.8) is 0 Å². The van der Waals surface area contributed by atoms with Gasteiger partial charge < -0.3 is 10.6 Å². The van der Waals surface area contributed by atoms with E-state index < -0.39 is 0 Å². The number of benzene rings is 1. The predicted octanol–water partition coefficient (Wildman–Crippen LogP) is 2.98. The quantitative estimate of drug-likeness (QED) is 0.842. The zero-order chi connectivity index (χ0) is 13.2. The molecule has 1 aromatic carbocycles. The monoisotopic (exact) mass is 272 g/mol. The van der Waals surface area contributed by atoms with Crippen LogP contribution in [-0.4, -0.2) is 18.2 Å². The molecule has 0 saturated heterocycles. The summed E-state index contributed by atoms with van der Waals surface area (Å²) in [6.07, 6.45) is 8.65. The zero-order valence-corrected chi connectivity index (χ0v) is 11.5. The lowest BCUT2D eigenvalue weighted by Crippen LogP contribution is -2.36. The third-order valence-electron chi connectivity index (χ3n) is 3.34. The van der Waals surface area contributed by atoms with Gasteiger partial charge in [0.15, 0.2) is 0 Å². The van der Waals surface area contributed by atoms with E-state index in [1.54, 1.807) is 11.8 Å². The van der Waals surface area contributed by atoms with E-state index >= 15 is 0 Å². The number of rotatable bonds is 2. The number of hydrogen-bond donors (Lipinski definition) is 1. The van der Waals surface area contributed by atoms with Gasteiger partial charge in [-0.05, 0) is 36.6 Å². The largest absolute Gasteiger partial charge is 0.399 e. The lowest BCUT2D eigenvalue weighted by molar-refractivity contribution is -0.116. The van der Waals surface area contributed by atoms with Crippen LogP contribution in [0.3, 0.4) is 0 Å². The average Bonchev–Trinajstić information content (AvgIpc) is 2.43. The summed E-state index contributed by atoms with van der Waals surface area (Å²) in [6.45, 7) is 0.645. The molecule has 0 fully saturated rings. The van der Waals surface area contributed by atoms with Crippen LogP contribution in [0.25, 0.3) is 0 Å². The van der Waals surface area contributed by atoms with Crippen molar-refractivity contribution in [2.45, 2.75) is 17.7 Å². The highest BCUT2D eigenvalue weighted by Crippen LogP contribution is 2.37. The Morgan fingerprint density at radius 1 is 1.32 bits per heavy atom. The maximum Gasteiger partial charge on any atom is 0.237 e. The minimum atomic E-state index is 0.156. The van der Waals surface area contributed by atoms with Crippen LogP contribution in [0.5, 0.6) is 0 Å². The molecule has 1 aromatic rings. The summed E-state index contributed by atoms with van der Waals surface area (Å²) in [5, 5.41) is 0. The first-order chi connectivity index (χ1) is 9.24. The molecule has 1 aliphatic heterocycles. The number of fused-ring (bicyclic) bond motifs is 1. The van der Waals surface area contributed by atoms with Crippen LogP contribution in [0.4, 0.5) is 11.4 Å². The number of nitrogens with zero attached hydrogens (tertiary/aromatic N) is 1. The predicted molar refractivity (Wildman–Crippen MR) is 80.4 cm³/mol. The molecule has 4 heteroatoms. The van der Waals surface area contributed by atoms with Gasteiger partial charge in [0.25, 0.3) is 0 Å². The number of nitrogen functional groups attached to an aromatic ring is 1. The first-order valence-corrected chi connectivity index (χ1v) is 7.41. The molecule has 0 bridgehead atoms.